The number of anilines is 1. The van der Waals surface area contributed by atoms with Crippen molar-refractivity contribution in [1.29, 1.82) is 0 Å². The number of hydrogen-bond acceptors (Lipinski definition) is 1. The van der Waals surface area contributed by atoms with Crippen LogP contribution in [-0.4, -0.2) is 11.8 Å². The zero-order valence-electron chi connectivity index (χ0n) is 7.80. The number of carbonyl (C=O) groups is 1. The van der Waals surface area contributed by atoms with Crippen LogP contribution in [0.2, 0.25) is 0 Å². The van der Waals surface area contributed by atoms with Crippen LogP contribution in [0.15, 0.2) is 18.2 Å². The van der Waals surface area contributed by atoms with E-state index in [-0.39, 0.29) is 11.8 Å². The van der Waals surface area contributed by atoms with Crippen molar-refractivity contribution in [3.8, 4) is 12.3 Å². The first-order valence-electron chi connectivity index (χ1n) is 4.10. The minimum atomic E-state index is -0.238. The van der Waals surface area contributed by atoms with Crippen LogP contribution in [0, 0.1) is 19.3 Å². The lowest BCUT2D eigenvalue weighted by molar-refractivity contribution is -0.113. The second kappa shape index (κ2) is 4.69. The summed E-state index contributed by atoms with van der Waals surface area (Å²) in [6.07, 6.45) is 5.29. The maximum Gasteiger partial charge on any atom is 0.239 e. The lowest BCUT2D eigenvalue weighted by Crippen LogP contribution is -2.12. The molecule has 0 bridgehead atoms. The Bertz CT molecular complexity index is 393. The Morgan fingerprint density at radius 3 is 2.93 bits per heavy atom. The molecule has 0 heterocycles. The number of benzene rings is 1. The molecule has 14 heavy (non-hydrogen) atoms. The van der Waals surface area contributed by atoms with Gasteiger partial charge in [0.05, 0.1) is 0 Å². The smallest absolute Gasteiger partial charge is 0.239 e. The summed E-state index contributed by atoms with van der Waals surface area (Å²) in [7, 11) is 0. The Labute approximate surface area is 88.3 Å². The van der Waals surface area contributed by atoms with Crippen LogP contribution in [0.1, 0.15) is 11.1 Å². The number of nitrogens with one attached hydrogen (secondary N) is 1. The maximum atomic E-state index is 11.0. The summed E-state index contributed by atoms with van der Waals surface area (Å²) >= 11 is 5.35. The highest BCUT2D eigenvalue weighted by Gasteiger charge is 2.01. The average molecular weight is 208 g/mol. The average Bonchev–Trinajstić information content (AvgIpc) is 2.20. The van der Waals surface area contributed by atoms with E-state index >= 15 is 0 Å². The van der Waals surface area contributed by atoms with E-state index in [0.717, 1.165) is 11.1 Å². The molecule has 0 atom stereocenters. The first kappa shape index (κ1) is 10.6. The molecule has 0 radical (unpaired) electrons. The minimum absolute atomic E-state index is 0.0563. The van der Waals surface area contributed by atoms with E-state index in [1.54, 1.807) is 12.1 Å². The zero-order valence-corrected chi connectivity index (χ0v) is 8.56. The predicted octanol–water partition coefficient (Wildman–Crippen LogP) is 2.15. The van der Waals surface area contributed by atoms with Gasteiger partial charge in [0.15, 0.2) is 0 Å². The zero-order chi connectivity index (χ0) is 10.6. The summed E-state index contributed by atoms with van der Waals surface area (Å²) in [4.78, 5) is 11.0. The topological polar surface area (TPSA) is 29.1 Å². The van der Waals surface area contributed by atoms with Crippen LogP contribution in [0.5, 0.6) is 0 Å². The first-order chi connectivity index (χ1) is 6.67. The van der Waals surface area contributed by atoms with E-state index in [9.17, 15) is 4.79 Å². The Morgan fingerprint density at radius 1 is 1.64 bits per heavy atom. The number of hydrogen-bond donors (Lipinski definition) is 1. The van der Waals surface area contributed by atoms with Gasteiger partial charge in [0.25, 0.3) is 0 Å². The fourth-order valence-corrected chi connectivity index (χ4v) is 1.12. The quantitative estimate of drug-likeness (QED) is 0.585. The van der Waals surface area contributed by atoms with Crippen molar-refractivity contribution in [2.24, 2.45) is 0 Å². The Kier molecular flexibility index (Phi) is 3.55. The van der Waals surface area contributed by atoms with Crippen molar-refractivity contribution < 1.29 is 4.79 Å². The third kappa shape index (κ3) is 2.51. The third-order valence-electron chi connectivity index (χ3n) is 1.80. The molecule has 1 amide bonds. The second-order valence-corrected chi connectivity index (χ2v) is 3.12. The normalized spacial score (nSPS) is 9.21. The molecule has 1 aromatic rings. The standard InChI is InChI=1S/C11H10ClNO/c1-3-9-6-10(5-4-8(9)2)13-11(14)7-12/h1,4-6H,7H2,2H3,(H,13,14). The number of terminal acetylenes is 1. The third-order valence-corrected chi connectivity index (χ3v) is 2.04. The van der Waals surface area contributed by atoms with Gasteiger partial charge in [-0.15, -0.1) is 18.0 Å². The molecule has 0 aliphatic carbocycles. The van der Waals surface area contributed by atoms with Crippen LogP contribution in [0.25, 0.3) is 0 Å². The Hall–Kier alpha value is -1.46. The van der Waals surface area contributed by atoms with E-state index in [1.807, 2.05) is 13.0 Å². The molecule has 0 spiro atoms. The minimum Gasteiger partial charge on any atom is -0.325 e. The Morgan fingerprint density at radius 2 is 2.36 bits per heavy atom. The maximum absolute atomic E-state index is 11.0. The van der Waals surface area contributed by atoms with Gasteiger partial charge < -0.3 is 5.32 Å². The van der Waals surface area contributed by atoms with Crippen molar-refractivity contribution in [2.45, 2.75) is 6.92 Å². The van der Waals surface area contributed by atoms with Gasteiger partial charge in [-0.1, -0.05) is 12.0 Å². The number of aryl methyl sites for hydroxylation is 1. The van der Waals surface area contributed by atoms with Crippen LogP contribution >= 0.6 is 11.6 Å². The lowest BCUT2D eigenvalue weighted by atomic mass is 10.1. The molecule has 0 aliphatic heterocycles. The second-order valence-electron chi connectivity index (χ2n) is 2.86. The summed E-state index contributed by atoms with van der Waals surface area (Å²) in [6, 6.07) is 5.40. The van der Waals surface area contributed by atoms with Gasteiger partial charge in [-0.3, -0.25) is 4.79 Å². The highest BCUT2D eigenvalue weighted by molar-refractivity contribution is 6.29. The molecule has 0 aliphatic rings. The van der Waals surface area contributed by atoms with Crippen LogP contribution in [0.4, 0.5) is 5.69 Å². The predicted molar refractivity (Wildman–Crippen MR) is 58.5 cm³/mol. The van der Waals surface area contributed by atoms with Gasteiger partial charge in [-0.05, 0) is 24.6 Å². The molecule has 0 unspecified atom stereocenters. The summed E-state index contributed by atoms with van der Waals surface area (Å²) in [5.74, 6) is 2.25. The number of rotatable bonds is 2. The van der Waals surface area contributed by atoms with Gasteiger partial charge >= 0.3 is 0 Å². The van der Waals surface area contributed by atoms with Crippen molar-refractivity contribution in [2.75, 3.05) is 11.2 Å². The molecule has 0 aromatic heterocycles. The van der Waals surface area contributed by atoms with Crippen molar-refractivity contribution in [3.05, 3.63) is 29.3 Å². The summed E-state index contributed by atoms with van der Waals surface area (Å²) in [6.45, 7) is 1.92. The van der Waals surface area contributed by atoms with Gasteiger partial charge in [0, 0.05) is 11.3 Å². The van der Waals surface area contributed by atoms with Crippen LogP contribution in [0.3, 0.4) is 0 Å². The molecule has 1 rings (SSSR count). The number of alkyl halides is 1. The van der Waals surface area contributed by atoms with Gasteiger partial charge in [0.1, 0.15) is 5.88 Å². The summed E-state index contributed by atoms with van der Waals surface area (Å²) in [5, 5.41) is 2.63. The van der Waals surface area contributed by atoms with Gasteiger partial charge in [0.2, 0.25) is 5.91 Å². The fraction of sp³-hybridized carbons (Fsp3) is 0.182. The van der Waals surface area contributed by atoms with E-state index in [1.165, 1.54) is 0 Å². The number of halogens is 1. The monoisotopic (exact) mass is 207 g/mol. The van der Waals surface area contributed by atoms with E-state index in [0.29, 0.717) is 5.69 Å². The first-order valence-corrected chi connectivity index (χ1v) is 4.64. The van der Waals surface area contributed by atoms with Crippen LogP contribution in [-0.2, 0) is 4.79 Å². The number of carbonyl (C=O) groups excluding carboxylic acids is 1. The van der Waals surface area contributed by atoms with Crippen LogP contribution < -0.4 is 5.32 Å². The Balaban J connectivity index is 2.91. The molecule has 0 saturated carbocycles. The highest BCUT2D eigenvalue weighted by atomic mass is 35.5. The molecule has 1 N–H and O–H groups in total. The molecule has 1 aromatic carbocycles. The van der Waals surface area contributed by atoms with E-state index < -0.39 is 0 Å². The summed E-state index contributed by atoms with van der Waals surface area (Å²) in [5.41, 5.74) is 2.46. The van der Waals surface area contributed by atoms with E-state index in [4.69, 9.17) is 18.0 Å². The van der Waals surface area contributed by atoms with Crippen molar-refractivity contribution in [1.82, 2.24) is 0 Å². The van der Waals surface area contributed by atoms with Gasteiger partial charge in [-0.25, -0.2) is 0 Å². The van der Waals surface area contributed by atoms with E-state index in [2.05, 4.69) is 11.2 Å². The largest absolute Gasteiger partial charge is 0.325 e. The molecule has 0 saturated heterocycles. The van der Waals surface area contributed by atoms with Crippen molar-refractivity contribution in [3.63, 3.8) is 0 Å². The molecule has 3 heteroatoms. The lowest BCUT2D eigenvalue weighted by Gasteiger charge is -2.05. The van der Waals surface area contributed by atoms with Crippen molar-refractivity contribution >= 4 is 23.2 Å². The van der Waals surface area contributed by atoms with Gasteiger partial charge in [-0.2, -0.15) is 0 Å². The SMILES string of the molecule is C#Cc1cc(NC(=O)CCl)ccc1C. The molecular formula is C11H10ClNO. The molecule has 2 nitrogen and oxygen atoms in total. The summed E-state index contributed by atoms with van der Waals surface area (Å²) < 4.78 is 0. The molecule has 72 valence electrons. The highest BCUT2D eigenvalue weighted by Crippen LogP contribution is 2.14. The molecular weight excluding hydrogens is 198 g/mol. The number of amides is 1. The molecule has 0 fully saturated rings. The fourth-order valence-electron chi connectivity index (χ4n) is 1.05.